The molecule has 21 heavy (non-hydrogen) atoms. The summed E-state index contributed by atoms with van der Waals surface area (Å²) in [5.41, 5.74) is 2.33. The van der Waals surface area contributed by atoms with Gasteiger partial charge in [0.15, 0.2) is 0 Å². The van der Waals surface area contributed by atoms with E-state index in [1.807, 2.05) is 13.1 Å². The van der Waals surface area contributed by atoms with E-state index in [4.69, 9.17) is 5.26 Å². The third-order valence-corrected chi connectivity index (χ3v) is 5.13. The lowest BCUT2D eigenvalue weighted by molar-refractivity contribution is 0.581. The van der Waals surface area contributed by atoms with Crippen LogP contribution >= 0.6 is 0 Å². The molecule has 0 saturated heterocycles. The van der Waals surface area contributed by atoms with Gasteiger partial charge < -0.3 is 4.57 Å². The molecule has 0 aliphatic heterocycles. The zero-order valence-corrected chi connectivity index (χ0v) is 12.4. The maximum atomic E-state index is 12.1. The highest BCUT2D eigenvalue weighted by Crippen LogP contribution is 2.25. The Morgan fingerprint density at radius 1 is 1.19 bits per heavy atom. The van der Waals surface area contributed by atoms with Crippen molar-refractivity contribution in [1.29, 1.82) is 5.26 Å². The summed E-state index contributed by atoms with van der Waals surface area (Å²) in [7, 11) is -1.60. The van der Waals surface area contributed by atoms with Crippen molar-refractivity contribution in [3.05, 3.63) is 42.1 Å². The summed E-state index contributed by atoms with van der Waals surface area (Å²) in [6.45, 7) is 0. The lowest BCUT2D eigenvalue weighted by atomic mass is 10.1. The van der Waals surface area contributed by atoms with Gasteiger partial charge in [0.25, 0.3) is 0 Å². The number of benzene rings is 1. The Morgan fingerprint density at radius 2 is 1.86 bits per heavy atom. The van der Waals surface area contributed by atoms with Crippen molar-refractivity contribution in [2.24, 2.45) is 7.05 Å². The molecule has 0 amide bonds. The summed E-state index contributed by atoms with van der Waals surface area (Å²) in [6, 6.07) is 12.5. The Balaban J connectivity index is 1.90. The van der Waals surface area contributed by atoms with Crippen LogP contribution in [0.15, 0.2) is 41.3 Å². The van der Waals surface area contributed by atoms with E-state index in [2.05, 4.69) is 10.8 Å². The van der Waals surface area contributed by atoms with E-state index in [0.717, 1.165) is 24.1 Å². The smallest absolute Gasteiger partial charge is 0.240 e. The minimum Gasteiger partial charge on any atom is -0.335 e. The van der Waals surface area contributed by atoms with Crippen LogP contribution in [0.4, 0.5) is 0 Å². The Bertz CT molecular complexity index is 810. The first-order valence-corrected chi connectivity index (χ1v) is 8.18. The van der Waals surface area contributed by atoms with Crippen LogP contribution in [-0.2, 0) is 17.1 Å². The second-order valence-electron chi connectivity index (χ2n) is 5.19. The molecule has 0 spiro atoms. The zero-order valence-electron chi connectivity index (χ0n) is 11.6. The van der Waals surface area contributed by atoms with Gasteiger partial charge in [-0.1, -0.05) is 12.1 Å². The topological polar surface area (TPSA) is 74.9 Å². The van der Waals surface area contributed by atoms with Gasteiger partial charge >= 0.3 is 0 Å². The first-order chi connectivity index (χ1) is 10.0. The molecule has 1 aliphatic rings. The monoisotopic (exact) mass is 301 g/mol. The first kappa shape index (κ1) is 13.9. The van der Waals surface area contributed by atoms with E-state index >= 15 is 0 Å². The molecule has 0 atom stereocenters. The summed E-state index contributed by atoms with van der Waals surface area (Å²) in [4.78, 5) is 0.271. The molecule has 2 aromatic rings. The molecule has 108 valence electrons. The highest BCUT2D eigenvalue weighted by atomic mass is 32.2. The molecule has 1 aromatic carbocycles. The molecule has 3 rings (SSSR count). The Kier molecular flexibility index (Phi) is 3.32. The van der Waals surface area contributed by atoms with Gasteiger partial charge in [-0.2, -0.15) is 5.26 Å². The van der Waals surface area contributed by atoms with Gasteiger partial charge in [0.2, 0.25) is 10.0 Å². The van der Waals surface area contributed by atoms with Gasteiger partial charge in [-0.05, 0) is 42.7 Å². The second kappa shape index (κ2) is 5.02. The minimum atomic E-state index is -3.41. The number of nitriles is 1. The van der Waals surface area contributed by atoms with Crippen LogP contribution < -0.4 is 4.72 Å². The third kappa shape index (κ3) is 2.71. The lowest BCUT2D eigenvalue weighted by Gasteiger charge is -2.08. The average Bonchev–Trinajstić information content (AvgIpc) is 3.19. The highest BCUT2D eigenvalue weighted by molar-refractivity contribution is 7.89. The summed E-state index contributed by atoms with van der Waals surface area (Å²) >= 11 is 0. The average molecular weight is 301 g/mol. The van der Waals surface area contributed by atoms with Crippen molar-refractivity contribution >= 4 is 10.0 Å². The van der Waals surface area contributed by atoms with Gasteiger partial charge in [-0.25, -0.2) is 13.1 Å². The quantitative estimate of drug-likeness (QED) is 0.938. The Hall–Kier alpha value is -2.10. The molecule has 1 aliphatic carbocycles. The van der Waals surface area contributed by atoms with Crippen LogP contribution in [0.25, 0.3) is 11.3 Å². The van der Waals surface area contributed by atoms with E-state index < -0.39 is 10.0 Å². The van der Waals surface area contributed by atoms with Crippen molar-refractivity contribution in [2.45, 2.75) is 23.8 Å². The maximum Gasteiger partial charge on any atom is 0.240 e. The predicted octanol–water partition coefficient (Wildman–Crippen LogP) is 2.00. The fraction of sp³-hybridized carbons (Fsp3) is 0.267. The molecule has 1 fully saturated rings. The third-order valence-electron chi connectivity index (χ3n) is 3.60. The predicted molar refractivity (Wildman–Crippen MR) is 78.9 cm³/mol. The van der Waals surface area contributed by atoms with E-state index in [0.29, 0.717) is 5.69 Å². The first-order valence-electron chi connectivity index (χ1n) is 6.70. The number of aromatic nitrogens is 1. The minimum absolute atomic E-state index is 0.0979. The van der Waals surface area contributed by atoms with E-state index in [9.17, 15) is 8.42 Å². The molecule has 6 heteroatoms. The van der Waals surface area contributed by atoms with E-state index in [1.165, 1.54) is 0 Å². The number of rotatable bonds is 4. The van der Waals surface area contributed by atoms with E-state index in [-0.39, 0.29) is 10.9 Å². The molecule has 1 N–H and O–H groups in total. The fourth-order valence-electron chi connectivity index (χ4n) is 2.21. The van der Waals surface area contributed by atoms with Gasteiger partial charge in [-0.3, -0.25) is 0 Å². The van der Waals surface area contributed by atoms with Crippen LogP contribution in [0, 0.1) is 11.3 Å². The zero-order chi connectivity index (χ0) is 15.0. The summed E-state index contributed by atoms with van der Waals surface area (Å²) in [6.07, 6.45) is 1.83. The summed E-state index contributed by atoms with van der Waals surface area (Å²) in [5, 5.41) is 8.96. The molecule has 1 aromatic heterocycles. The van der Waals surface area contributed by atoms with Crippen molar-refractivity contribution in [1.82, 2.24) is 9.29 Å². The number of hydrogen-bond acceptors (Lipinski definition) is 3. The van der Waals surface area contributed by atoms with Crippen molar-refractivity contribution in [3.63, 3.8) is 0 Å². The van der Waals surface area contributed by atoms with Crippen molar-refractivity contribution in [2.75, 3.05) is 0 Å². The SMILES string of the molecule is Cn1c(C#N)ccc1-c1ccc(S(=O)(=O)NC2CC2)cc1. The van der Waals surface area contributed by atoms with Crippen LogP contribution in [0.2, 0.25) is 0 Å². The molecule has 0 unspecified atom stereocenters. The molecule has 0 bridgehead atoms. The standard InChI is InChI=1S/C15H15N3O2S/c1-18-13(10-16)6-9-15(18)11-2-7-14(8-3-11)21(19,20)17-12-4-5-12/h2-3,6-9,12,17H,4-5H2,1H3. The molecule has 1 heterocycles. The lowest BCUT2D eigenvalue weighted by Crippen LogP contribution is -2.25. The number of nitrogens with zero attached hydrogens (tertiary/aromatic N) is 2. The van der Waals surface area contributed by atoms with Crippen LogP contribution in [0.1, 0.15) is 18.5 Å². The Morgan fingerprint density at radius 3 is 2.38 bits per heavy atom. The largest absolute Gasteiger partial charge is 0.335 e. The summed E-state index contributed by atoms with van der Waals surface area (Å²) in [5.74, 6) is 0. The number of sulfonamides is 1. The molecule has 1 saturated carbocycles. The van der Waals surface area contributed by atoms with Crippen molar-refractivity contribution in [3.8, 4) is 17.3 Å². The number of nitrogens with one attached hydrogen (secondary N) is 1. The van der Waals surface area contributed by atoms with Gasteiger partial charge in [0.05, 0.1) is 4.90 Å². The van der Waals surface area contributed by atoms with Crippen LogP contribution in [-0.4, -0.2) is 19.0 Å². The molecule has 0 radical (unpaired) electrons. The maximum absolute atomic E-state index is 12.1. The molecular formula is C15H15N3O2S. The van der Waals surface area contributed by atoms with Crippen LogP contribution in [0.5, 0.6) is 0 Å². The van der Waals surface area contributed by atoms with E-state index in [1.54, 1.807) is 34.9 Å². The fourth-order valence-corrected chi connectivity index (χ4v) is 3.51. The molecule has 5 nitrogen and oxygen atoms in total. The molecular weight excluding hydrogens is 286 g/mol. The second-order valence-corrected chi connectivity index (χ2v) is 6.91. The van der Waals surface area contributed by atoms with Crippen molar-refractivity contribution < 1.29 is 8.42 Å². The summed E-state index contributed by atoms with van der Waals surface area (Å²) < 4.78 is 28.6. The number of hydrogen-bond donors (Lipinski definition) is 1. The van der Waals surface area contributed by atoms with Gasteiger partial charge in [0, 0.05) is 18.8 Å². The normalized spacial score (nSPS) is 14.9. The van der Waals surface area contributed by atoms with Crippen LogP contribution in [0.3, 0.4) is 0 Å². The van der Waals surface area contributed by atoms with Gasteiger partial charge in [-0.15, -0.1) is 0 Å². The highest BCUT2D eigenvalue weighted by Gasteiger charge is 2.27. The Labute approximate surface area is 123 Å². The van der Waals surface area contributed by atoms with Gasteiger partial charge in [0.1, 0.15) is 11.8 Å².